The van der Waals surface area contributed by atoms with E-state index < -0.39 is 9.84 Å². The summed E-state index contributed by atoms with van der Waals surface area (Å²) in [6.45, 7) is 8.20. The number of nitrogens with one attached hydrogen (secondary N) is 1. The Morgan fingerprint density at radius 1 is 1.40 bits per heavy atom. The first kappa shape index (κ1) is 15.9. The highest BCUT2D eigenvalue weighted by atomic mass is 32.2. The van der Waals surface area contributed by atoms with Gasteiger partial charge in [0.1, 0.15) is 5.01 Å². The third-order valence-corrected chi connectivity index (χ3v) is 5.76. The Hall–Kier alpha value is -0.500. The van der Waals surface area contributed by atoms with Crippen molar-refractivity contribution in [1.29, 1.82) is 0 Å². The van der Waals surface area contributed by atoms with Crippen molar-refractivity contribution in [2.24, 2.45) is 5.92 Å². The van der Waals surface area contributed by atoms with E-state index in [-0.39, 0.29) is 11.5 Å². The molecule has 5 nitrogen and oxygen atoms in total. The molecule has 0 saturated carbocycles. The van der Waals surface area contributed by atoms with Gasteiger partial charge in [0.15, 0.2) is 9.84 Å². The monoisotopic (exact) mass is 317 g/mol. The fraction of sp³-hybridized carbons (Fsp3) is 0.769. The minimum absolute atomic E-state index is 0.278. The van der Waals surface area contributed by atoms with Crippen LogP contribution in [0, 0.1) is 5.92 Å². The lowest BCUT2D eigenvalue weighted by Crippen LogP contribution is -2.39. The van der Waals surface area contributed by atoms with Gasteiger partial charge >= 0.3 is 0 Å². The number of rotatable bonds is 6. The Morgan fingerprint density at radius 2 is 2.10 bits per heavy atom. The summed E-state index contributed by atoms with van der Waals surface area (Å²) in [7, 11) is -2.79. The number of nitrogens with zero attached hydrogens (tertiary/aromatic N) is 2. The van der Waals surface area contributed by atoms with E-state index in [9.17, 15) is 8.42 Å². The van der Waals surface area contributed by atoms with Gasteiger partial charge in [-0.25, -0.2) is 13.4 Å². The van der Waals surface area contributed by atoms with Gasteiger partial charge in [0, 0.05) is 31.6 Å². The van der Waals surface area contributed by atoms with Crippen LogP contribution in [0.2, 0.25) is 0 Å². The summed E-state index contributed by atoms with van der Waals surface area (Å²) in [5, 5.41) is 6.56. The molecule has 0 spiro atoms. The van der Waals surface area contributed by atoms with Crippen LogP contribution in [0.25, 0.3) is 0 Å². The highest BCUT2D eigenvalue weighted by molar-refractivity contribution is 7.91. The van der Waals surface area contributed by atoms with Crippen molar-refractivity contribution in [2.75, 3.05) is 31.1 Å². The van der Waals surface area contributed by atoms with E-state index in [1.807, 2.05) is 0 Å². The molecule has 0 aliphatic carbocycles. The average Bonchev–Trinajstić information content (AvgIpc) is 2.79. The SMILES string of the molecule is CC(C)CNCc1nc(CN2CCS(=O)(=O)CC2)cs1. The summed E-state index contributed by atoms with van der Waals surface area (Å²) in [4.78, 5) is 6.77. The van der Waals surface area contributed by atoms with Gasteiger partial charge in [0.05, 0.1) is 17.2 Å². The maximum atomic E-state index is 11.4. The third-order valence-electron chi connectivity index (χ3n) is 3.25. The second-order valence-corrected chi connectivity index (χ2v) is 8.93. The molecule has 1 aliphatic heterocycles. The third kappa shape index (κ3) is 5.12. The van der Waals surface area contributed by atoms with E-state index >= 15 is 0 Å². The standard InChI is InChI=1S/C13H23N3O2S2/c1-11(2)7-14-8-13-15-12(10-19-13)9-16-3-5-20(17,18)6-4-16/h10-11,14H,3-9H2,1-2H3. The molecule has 2 heterocycles. The predicted octanol–water partition coefficient (Wildman–Crippen LogP) is 1.12. The zero-order valence-corrected chi connectivity index (χ0v) is 13.8. The minimum atomic E-state index is -2.79. The maximum absolute atomic E-state index is 11.4. The topological polar surface area (TPSA) is 62.3 Å². The lowest BCUT2D eigenvalue weighted by atomic mass is 10.2. The molecule has 0 aromatic carbocycles. The average molecular weight is 317 g/mol. The molecule has 0 atom stereocenters. The lowest BCUT2D eigenvalue weighted by Gasteiger charge is -2.25. The van der Waals surface area contributed by atoms with Crippen molar-refractivity contribution in [1.82, 2.24) is 15.2 Å². The maximum Gasteiger partial charge on any atom is 0.152 e. The van der Waals surface area contributed by atoms with E-state index in [0.29, 0.717) is 19.0 Å². The summed E-state index contributed by atoms with van der Waals surface area (Å²) < 4.78 is 22.8. The molecule has 1 aliphatic rings. The molecular formula is C13H23N3O2S2. The summed E-state index contributed by atoms with van der Waals surface area (Å²) in [5.74, 6) is 1.20. The van der Waals surface area contributed by atoms with Gasteiger partial charge in [-0.15, -0.1) is 11.3 Å². The van der Waals surface area contributed by atoms with E-state index in [0.717, 1.165) is 30.3 Å². The Balaban J connectivity index is 1.78. The van der Waals surface area contributed by atoms with Crippen LogP contribution in [-0.2, 0) is 22.9 Å². The van der Waals surface area contributed by atoms with Crippen LogP contribution in [0.15, 0.2) is 5.38 Å². The summed E-state index contributed by atoms with van der Waals surface area (Å²) in [6, 6.07) is 0. The second-order valence-electron chi connectivity index (χ2n) is 5.69. The molecule has 1 fully saturated rings. The number of hydrogen-bond donors (Lipinski definition) is 1. The Labute approximate surface area is 125 Å². The number of aromatic nitrogens is 1. The van der Waals surface area contributed by atoms with E-state index in [1.54, 1.807) is 11.3 Å². The van der Waals surface area contributed by atoms with Gasteiger partial charge in [0.2, 0.25) is 0 Å². The molecule has 0 amide bonds. The number of thiazole rings is 1. The molecule has 1 aromatic heterocycles. The summed E-state index contributed by atoms with van der Waals surface area (Å²) in [6.07, 6.45) is 0. The van der Waals surface area contributed by atoms with Crippen molar-refractivity contribution in [2.45, 2.75) is 26.9 Å². The summed E-state index contributed by atoms with van der Waals surface area (Å²) >= 11 is 1.67. The zero-order chi connectivity index (χ0) is 14.6. The molecule has 0 radical (unpaired) electrons. The number of sulfone groups is 1. The smallest absolute Gasteiger partial charge is 0.152 e. The molecule has 114 valence electrons. The quantitative estimate of drug-likeness (QED) is 0.852. The van der Waals surface area contributed by atoms with Crippen LogP contribution >= 0.6 is 11.3 Å². The predicted molar refractivity (Wildman–Crippen MR) is 82.6 cm³/mol. The Bertz CT molecular complexity index is 511. The van der Waals surface area contributed by atoms with E-state index in [2.05, 4.69) is 34.4 Å². The second kappa shape index (κ2) is 6.98. The van der Waals surface area contributed by atoms with Crippen molar-refractivity contribution in [3.63, 3.8) is 0 Å². The van der Waals surface area contributed by atoms with Gasteiger partial charge in [-0.2, -0.15) is 0 Å². The van der Waals surface area contributed by atoms with E-state index in [4.69, 9.17) is 0 Å². The zero-order valence-electron chi connectivity index (χ0n) is 12.1. The van der Waals surface area contributed by atoms with Crippen LogP contribution in [0.5, 0.6) is 0 Å². The molecule has 1 N–H and O–H groups in total. The Morgan fingerprint density at radius 3 is 2.75 bits per heavy atom. The largest absolute Gasteiger partial charge is 0.310 e. The van der Waals surface area contributed by atoms with Crippen molar-refractivity contribution < 1.29 is 8.42 Å². The molecule has 2 rings (SSSR count). The fourth-order valence-electron chi connectivity index (χ4n) is 2.11. The minimum Gasteiger partial charge on any atom is -0.310 e. The molecule has 1 aromatic rings. The first-order chi connectivity index (χ1) is 9.44. The first-order valence-corrected chi connectivity index (χ1v) is 9.71. The lowest BCUT2D eigenvalue weighted by molar-refractivity contribution is 0.284. The van der Waals surface area contributed by atoms with Crippen LogP contribution in [0.3, 0.4) is 0 Å². The Kier molecular flexibility index (Phi) is 5.54. The van der Waals surface area contributed by atoms with Crippen LogP contribution in [0.4, 0.5) is 0 Å². The number of hydrogen-bond acceptors (Lipinski definition) is 6. The van der Waals surface area contributed by atoms with Crippen LogP contribution in [0.1, 0.15) is 24.5 Å². The molecular weight excluding hydrogens is 294 g/mol. The van der Waals surface area contributed by atoms with Crippen LogP contribution in [-0.4, -0.2) is 49.4 Å². The molecule has 1 saturated heterocycles. The van der Waals surface area contributed by atoms with Gasteiger partial charge in [-0.05, 0) is 12.5 Å². The van der Waals surface area contributed by atoms with Crippen molar-refractivity contribution in [3.8, 4) is 0 Å². The van der Waals surface area contributed by atoms with Crippen molar-refractivity contribution >= 4 is 21.2 Å². The first-order valence-electron chi connectivity index (χ1n) is 7.01. The highest BCUT2D eigenvalue weighted by Crippen LogP contribution is 2.13. The molecule has 0 unspecified atom stereocenters. The van der Waals surface area contributed by atoms with Gasteiger partial charge in [0.25, 0.3) is 0 Å². The van der Waals surface area contributed by atoms with E-state index in [1.165, 1.54) is 0 Å². The van der Waals surface area contributed by atoms with Gasteiger partial charge in [-0.1, -0.05) is 13.8 Å². The van der Waals surface area contributed by atoms with Gasteiger partial charge < -0.3 is 5.32 Å². The highest BCUT2D eigenvalue weighted by Gasteiger charge is 2.21. The normalized spacial score (nSPS) is 19.6. The fourth-order valence-corrected chi connectivity index (χ4v) is 4.14. The summed E-state index contributed by atoms with van der Waals surface area (Å²) in [5.41, 5.74) is 1.05. The van der Waals surface area contributed by atoms with Crippen molar-refractivity contribution in [3.05, 3.63) is 16.1 Å². The molecule has 0 bridgehead atoms. The molecule has 20 heavy (non-hydrogen) atoms. The molecule has 7 heteroatoms. The van der Waals surface area contributed by atoms with Crippen LogP contribution < -0.4 is 5.32 Å². The van der Waals surface area contributed by atoms with Gasteiger partial charge in [-0.3, -0.25) is 4.90 Å².